The van der Waals surface area contributed by atoms with Crippen LogP contribution in [-0.2, 0) is 6.18 Å². The third-order valence-electron chi connectivity index (χ3n) is 2.83. The zero-order valence-corrected chi connectivity index (χ0v) is 11.9. The van der Waals surface area contributed by atoms with Crippen molar-refractivity contribution in [3.05, 3.63) is 29.3 Å². The number of hydrogen-bond donors (Lipinski definition) is 3. The highest BCUT2D eigenvalue weighted by Crippen LogP contribution is 2.36. The minimum absolute atomic E-state index is 0.128. The number of anilines is 1. The van der Waals surface area contributed by atoms with Crippen LogP contribution in [0.15, 0.2) is 18.2 Å². The topological polar surface area (TPSA) is 70.4 Å². The number of nitrogens with one attached hydrogen (secondary N) is 2. The number of amides is 1. The monoisotopic (exact) mass is 304 g/mol. The molecule has 1 aromatic carbocycles. The van der Waals surface area contributed by atoms with E-state index in [9.17, 15) is 18.0 Å². The molecule has 0 aliphatic rings. The number of benzene rings is 1. The first-order valence-corrected chi connectivity index (χ1v) is 6.37. The Morgan fingerprint density at radius 3 is 2.52 bits per heavy atom. The van der Waals surface area contributed by atoms with E-state index in [-0.39, 0.29) is 5.56 Å². The molecule has 0 radical (unpaired) electrons. The predicted molar refractivity (Wildman–Crippen MR) is 74.8 cm³/mol. The van der Waals surface area contributed by atoms with Gasteiger partial charge in [-0.1, -0.05) is 6.07 Å². The predicted octanol–water partition coefficient (Wildman–Crippen LogP) is 1.67. The molecule has 118 valence electrons. The van der Waals surface area contributed by atoms with Gasteiger partial charge in [-0.15, -0.1) is 0 Å². The van der Waals surface area contributed by atoms with Crippen molar-refractivity contribution in [1.29, 1.82) is 0 Å². The molecule has 5 nitrogen and oxygen atoms in total. The molecule has 4 N–H and O–H groups in total. The highest BCUT2D eigenvalue weighted by molar-refractivity contribution is 6.00. The third kappa shape index (κ3) is 4.91. The summed E-state index contributed by atoms with van der Waals surface area (Å²) in [6, 6.07) is 3.35. The minimum atomic E-state index is -4.58. The maximum absolute atomic E-state index is 12.8. The third-order valence-corrected chi connectivity index (χ3v) is 2.83. The van der Waals surface area contributed by atoms with Crippen LogP contribution in [0.2, 0.25) is 0 Å². The molecule has 0 heterocycles. The summed E-state index contributed by atoms with van der Waals surface area (Å²) in [6.07, 6.45) is -3.88. The number of carbonyl (C=O) groups is 1. The van der Waals surface area contributed by atoms with E-state index in [0.717, 1.165) is 12.6 Å². The van der Waals surface area contributed by atoms with Gasteiger partial charge >= 0.3 is 6.18 Å². The van der Waals surface area contributed by atoms with E-state index < -0.39 is 23.3 Å². The van der Waals surface area contributed by atoms with Crippen molar-refractivity contribution in [2.24, 2.45) is 5.84 Å². The van der Waals surface area contributed by atoms with Crippen LogP contribution in [0.25, 0.3) is 0 Å². The van der Waals surface area contributed by atoms with Crippen LogP contribution in [0.1, 0.15) is 22.3 Å². The van der Waals surface area contributed by atoms with Crippen molar-refractivity contribution >= 4 is 11.6 Å². The maximum Gasteiger partial charge on any atom is 0.418 e. The summed E-state index contributed by atoms with van der Waals surface area (Å²) in [4.78, 5) is 13.9. The molecule has 0 saturated carbocycles. The summed E-state index contributed by atoms with van der Waals surface area (Å²) < 4.78 is 38.5. The molecule has 1 rings (SSSR count). The Labute approximate surface area is 121 Å². The molecule has 0 spiro atoms. The number of alkyl halides is 3. The summed E-state index contributed by atoms with van der Waals surface area (Å²) >= 11 is 0. The van der Waals surface area contributed by atoms with Crippen molar-refractivity contribution in [3.63, 3.8) is 0 Å². The quantitative estimate of drug-likeness (QED) is 0.425. The van der Waals surface area contributed by atoms with Crippen LogP contribution >= 0.6 is 0 Å². The summed E-state index contributed by atoms with van der Waals surface area (Å²) in [5.74, 6) is 4.55. The number of nitrogens with zero attached hydrogens (tertiary/aromatic N) is 1. The second kappa shape index (κ2) is 7.28. The van der Waals surface area contributed by atoms with Gasteiger partial charge in [-0.3, -0.25) is 10.6 Å². The second-order valence-electron chi connectivity index (χ2n) is 4.78. The molecule has 0 saturated heterocycles. The number of halogens is 3. The van der Waals surface area contributed by atoms with Gasteiger partial charge in [0.25, 0.3) is 5.91 Å². The lowest BCUT2D eigenvalue weighted by Crippen LogP contribution is -2.29. The van der Waals surface area contributed by atoms with Gasteiger partial charge in [-0.25, -0.2) is 0 Å². The molecule has 1 amide bonds. The van der Waals surface area contributed by atoms with Gasteiger partial charge in [0.05, 0.1) is 16.8 Å². The van der Waals surface area contributed by atoms with Gasteiger partial charge in [0.15, 0.2) is 0 Å². The molecule has 0 aromatic heterocycles. The average Bonchev–Trinajstić information content (AvgIpc) is 2.41. The van der Waals surface area contributed by atoms with Crippen LogP contribution in [0.4, 0.5) is 18.9 Å². The standard InChI is InChI=1S/C13H19F3N4O/c1-20(2)8-4-7-18-12(21)9-5-3-6-10(11(9)19-17)13(14,15)16/h3,5-6,19H,4,7-8,17H2,1-2H3,(H,18,21). The van der Waals surface area contributed by atoms with E-state index in [1.54, 1.807) is 0 Å². The van der Waals surface area contributed by atoms with Crippen LogP contribution in [0.5, 0.6) is 0 Å². The van der Waals surface area contributed by atoms with E-state index in [4.69, 9.17) is 5.84 Å². The fourth-order valence-corrected chi connectivity index (χ4v) is 1.83. The number of para-hydroxylation sites is 1. The van der Waals surface area contributed by atoms with Gasteiger partial charge in [0.2, 0.25) is 0 Å². The normalized spacial score (nSPS) is 11.6. The largest absolute Gasteiger partial charge is 0.418 e. The smallest absolute Gasteiger partial charge is 0.352 e. The first-order chi connectivity index (χ1) is 9.77. The highest BCUT2D eigenvalue weighted by atomic mass is 19.4. The highest BCUT2D eigenvalue weighted by Gasteiger charge is 2.35. The number of rotatable bonds is 6. The SMILES string of the molecule is CN(C)CCCNC(=O)c1cccc(C(F)(F)F)c1NN. The molecule has 0 fully saturated rings. The Bertz CT molecular complexity index is 489. The number of carbonyl (C=O) groups excluding carboxylic acids is 1. The first-order valence-electron chi connectivity index (χ1n) is 6.37. The molecule has 8 heteroatoms. The molecule has 1 aromatic rings. The van der Waals surface area contributed by atoms with Gasteiger partial charge in [0.1, 0.15) is 0 Å². The molecular weight excluding hydrogens is 285 g/mol. The zero-order valence-electron chi connectivity index (χ0n) is 11.9. The molecule has 0 aliphatic carbocycles. The van der Waals surface area contributed by atoms with Gasteiger partial charge in [0, 0.05) is 6.54 Å². The number of nitrogens with two attached hydrogens (primary N) is 1. The summed E-state index contributed by atoms with van der Waals surface area (Å²) in [5, 5.41) is 2.58. The summed E-state index contributed by atoms with van der Waals surface area (Å²) in [7, 11) is 3.79. The van der Waals surface area contributed by atoms with E-state index in [1.807, 2.05) is 24.4 Å². The van der Waals surface area contributed by atoms with Crippen LogP contribution < -0.4 is 16.6 Å². The number of nitrogen functional groups attached to an aromatic ring is 1. The summed E-state index contributed by atoms with van der Waals surface area (Å²) in [5.41, 5.74) is 0.456. The minimum Gasteiger partial charge on any atom is -0.352 e. The molecule has 0 aliphatic heterocycles. The lowest BCUT2D eigenvalue weighted by molar-refractivity contribution is -0.137. The Balaban J connectivity index is 2.85. The fourth-order valence-electron chi connectivity index (χ4n) is 1.83. The Hall–Kier alpha value is -1.80. The van der Waals surface area contributed by atoms with E-state index >= 15 is 0 Å². The lowest BCUT2D eigenvalue weighted by Gasteiger charge is -2.16. The van der Waals surface area contributed by atoms with Crippen molar-refractivity contribution in [2.45, 2.75) is 12.6 Å². The Kier molecular flexibility index (Phi) is 5.98. The number of hydrazine groups is 1. The summed E-state index contributed by atoms with van der Waals surface area (Å²) in [6.45, 7) is 1.14. The lowest BCUT2D eigenvalue weighted by atomic mass is 10.1. The van der Waals surface area contributed by atoms with E-state index in [1.165, 1.54) is 12.1 Å². The second-order valence-corrected chi connectivity index (χ2v) is 4.78. The number of hydrogen-bond acceptors (Lipinski definition) is 4. The molecule has 0 unspecified atom stereocenters. The molecule has 0 atom stereocenters. The van der Waals surface area contributed by atoms with Crippen molar-refractivity contribution in [2.75, 3.05) is 32.6 Å². The van der Waals surface area contributed by atoms with Gasteiger partial charge in [-0.2, -0.15) is 13.2 Å². The van der Waals surface area contributed by atoms with E-state index in [0.29, 0.717) is 13.0 Å². The van der Waals surface area contributed by atoms with Crippen LogP contribution in [0.3, 0.4) is 0 Å². The Morgan fingerprint density at radius 1 is 1.33 bits per heavy atom. The van der Waals surface area contributed by atoms with Crippen LogP contribution in [-0.4, -0.2) is 38.0 Å². The Morgan fingerprint density at radius 2 is 2.00 bits per heavy atom. The molecule has 0 bridgehead atoms. The molecule has 21 heavy (non-hydrogen) atoms. The van der Waals surface area contributed by atoms with Gasteiger partial charge < -0.3 is 15.6 Å². The van der Waals surface area contributed by atoms with Crippen molar-refractivity contribution < 1.29 is 18.0 Å². The van der Waals surface area contributed by atoms with Crippen molar-refractivity contribution in [3.8, 4) is 0 Å². The fraction of sp³-hybridized carbons (Fsp3) is 0.462. The van der Waals surface area contributed by atoms with Gasteiger partial charge in [-0.05, 0) is 39.2 Å². The molecular formula is C13H19F3N4O. The zero-order chi connectivity index (χ0) is 16.0. The van der Waals surface area contributed by atoms with Crippen LogP contribution in [0, 0.1) is 0 Å². The van der Waals surface area contributed by atoms with E-state index in [2.05, 4.69) is 5.32 Å². The average molecular weight is 304 g/mol. The first kappa shape index (κ1) is 17.3. The van der Waals surface area contributed by atoms with Crippen molar-refractivity contribution in [1.82, 2.24) is 10.2 Å². The maximum atomic E-state index is 12.8.